The first kappa shape index (κ1) is 18.3. The third kappa shape index (κ3) is 2.77. The Balaban J connectivity index is 2.09. The van der Waals surface area contributed by atoms with Gasteiger partial charge in [0.15, 0.2) is 6.20 Å². The smallest absolute Gasteiger partial charge is 0.216 e. The van der Waals surface area contributed by atoms with E-state index in [2.05, 4.69) is 76.7 Å². The van der Waals surface area contributed by atoms with Gasteiger partial charge in [-0.2, -0.15) is 5.26 Å². The van der Waals surface area contributed by atoms with Crippen LogP contribution >= 0.6 is 0 Å². The first-order chi connectivity index (χ1) is 13.2. The van der Waals surface area contributed by atoms with Crippen LogP contribution < -0.4 is 4.57 Å². The standard InChI is InChI=1S/C25H25N2O/c1-15-7-9-19-18-10-8-17(13-26)11-22(18)28-24(19)23(15)21-12-20(25(3,4)5)16(2)14-27(21)6/h7-12,14H,1-6H3/q+1. The zero-order valence-electron chi connectivity index (χ0n) is 17.3. The second-order valence-corrected chi connectivity index (χ2v) is 8.68. The van der Waals surface area contributed by atoms with Gasteiger partial charge in [0.1, 0.15) is 18.2 Å². The van der Waals surface area contributed by atoms with Crippen LogP contribution in [0.2, 0.25) is 0 Å². The lowest BCUT2D eigenvalue weighted by molar-refractivity contribution is -0.660. The SMILES string of the molecule is Cc1c[n+](C)c(-c2c(C)ccc3c2oc2cc(C#N)ccc23)cc1C(C)(C)C. The molecule has 2 aromatic heterocycles. The summed E-state index contributed by atoms with van der Waals surface area (Å²) in [6.07, 6.45) is 2.20. The summed E-state index contributed by atoms with van der Waals surface area (Å²) < 4.78 is 8.49. The summed E-state index contributed by atoms with van der Waals surface area (Å²) in [5, 5.41) is 11.3. The highest BCUT2D eigenvalue weighted by molar-refractivity contribution is 6.09. The van der Waals surface area contributed by atoms with Gasteiger partial charge in [-0.15, -0.1) is 0 Å². The zero-order chi connectivity index (χ0) is 20.2. The highest BCUT2D eigenvalue weighted by atomic mass is 16.3. The van der Waals surface area contributed by atoms with Crippen LogP contribution in [0.3, 0.4) is 0 Å². The number of aryl methyl sites for hydroxylation is 3. The summed E-state index contributed by atoms with van der Waals surface area (Å²) in [7, 11) is 2.09. The van der Waals surface area contributed by atoms with Crippen molar-refractivity contribution in [2.75, 3.05) is 0 Å². The van der Waals surface area contributed by atoms with Crippen LogP contribution in [0.5, 0.6) is 0 Å². The summed E-state index contributed by atoms with van der Waals surface area (Å²) in [4.78, 5) is 0. The van der Waals surface area contributed by atoms with E-state index in [9.17, 15) is 5.26 Å². The lowest BCUT2D eigenvalue weighted by atomic mass is 9.83. The number of furan rings is 1. The summed E-state index contributed by atoms with van der Waals surface area (Å²) >= 11 is 0. The molecule has 2 heterocycles. The maximum Gasteiger partial charge on any atom is 0.216 e. The third-order valence-electron chi connectivity index (χ3n) is 5.52. The Morgan fingerprint density at radius 2 is 1.68 bits per heavy atom. The van der Waals surface area contributed by atoms with Crippen molar-refractivity contribution < 1.29 is 8.98 Å². The Hall–Kier alpha value is -3.12. The van der Waals surface area contributed by atoms with E-state index < -0.39 is 0 Å². The largest absolute Gasteiger partial charge is 0.455 e. The molecule has 0 unspecified atom stereocenters. The molecule has 0 amide bonds. The van der Waals surface area contributed by atoms with E-state index in [-0.39, 0.29) is 5.41 Å². The van der Waals surface area contributed by atoms with Crippen LogP contribution in [-0.2, 0) is 12.5 Å². The van der Waals surface area contributed by atoms with Gasteiger partial charge in [0, 0.05) is 22.4 Å². The molecule has 0 saturated heterocycles. The van der Waals surface area contributed by atoms with Crippen LogP contribution in [-0.4, -0.2) is 0 Å². The van der Waals surface area contributed by atoms with Gasteiger partial charge >= 0.3 is 0 Å². The van der Waals surface area contributed by atoms with E-state index in [0.29, 0.717) is 5.56 Å². The number of fused-ring (bicyclic) bond motifs is 3. The van der Waals surface area contributed by atoms with E-state index in [0.717, 1.165) is 33.2 Å². The quantitative estimate of drug-likeness (QED) is 0.394. The fraction of sp³-hybridized carbons (Fsp3) is 0.280. The van der Waals surface area contributed by atoms with Crippen molar-refractivity contribution >= 4 is 21.9 Å². The topological polar surface area (TPSA) is 40.8 Å². The Labute approximate surface area is 165 Å². The molecule has 0 atom stereocenters. The lowest BCUT2D eigenvalue weighted by Crippen LogP contribution is -2.33. The van der Waals surface area contributed by atoms with Gasteiger partial charge in [0.25, 0.3) is 0 Å². The number of rotatable bonds is 1. The van der Waals surface area contributed by atoms with Crippen molar-refractivity contribution in [3.63, 3.8) is 0 Å². The molecule has 2 aromatic carbocycles. The van der Waals surface area contributed by atoms with Crippen molar-refractivity contribution in [3.8, 4) is 17.3 Å². The molecule has 3 heteroatoms. The fourth-order valence-corrected chi connectivity index (χ4v) is 4.16. The normalized spacial score (nSPS) is 11.9. The predicted octanol–water partition coefficient (Wildman–Crippen LogP) is 5.86. The molecule has 0 aliphatic heterocycles. The molecule has 28 heavy (non-hydrogen) atoms. The van der Waals surface area contributed by atoms with E-state index in [1.54, 1.807) is 0 Å². The summed E-state index contributed by atoms with van der Waals surface area (Å²) in [5.74, 6) is 0. The van der Waals surface area contributed by atoms with Crippen LogP contribution in [0.4, 0.5) is 0 Å². The first-order valence-corrected chi connectivity index (χ1v) is 9.58. The maximum absolute atomic E-state index is 9.22. The van der Waals surface area contributed by atoms with Gasteiger partial charge in [-0.05, 0) is 48.6 Å². The minimum Gasteiger partial charge on any atom is -0.455 e. The molecule has 0 aliphatic rings. The average molecular weight is 369 g/mol. The van der Waals surface area contributed by atoms with Crippen LogP contribution in [0.25, 0.3) is 33.2 Å². The molecule has 3 nitrogen and oxygen atoms in total. The van der Waals surface area contributed by atoms with Crippen LogP contribution in [0.1, 0.15) is 43.0 Å². The monoisotopic (exact) mass is 369 g/mol. The molecule has 0 bridgehead atoms. The molecule has 140 valence electrons. The first-order valence-electron chi connectivity index (χ1n) is 9.58. The summed E-state index contributed by atoms with van der Waals surface area (Å²) in [5.41, 5.74) is 8.35. The third-order valence-corrected chi connectivity index (χ3v) is 5.52. The number of nitriles is 1. The number of benzene rings is 2. The predicted molar refractivity (Wildman–Crippen MR) is 113 cm³/mol. The zero-order valence-corrected chi connectivity index (χ0v) is 17.3. The number of hydrogen-bond acceptors (Lipinski definition) is 2. The van der Waals surface area contributed by atoms with E-state index >= 15 is 0 Å². The average Bonchev–Trinajstić information content (AvgIpc) is 2.99. The molecule has 4 rings (SSSR count). The molecular weight excluding hydrogens is 344 g/mol. The molecule has 4 aromatic rings. The van der Waals surface area contributed by atoms with E-state index in [4.69, 9.17) is 4.42 Å². The highest BCUT2D eigenvalue weighted by Crippen LogP contribution is 2.38. The number of nitrogens with zero attached hydrogens (tertiary/aromatic N) is 2. The fourth-order valence-electron chi connectivity index (χ4n) is 4.16. The number of pyridine rings is 1. The Morgan fingerprint density at radius 1 is 0.964 bits per heavy atom. The van der Waals surface area contributed by atoms with Gasteiger partial charge in [0.2, 0.25) is 5.69 Å². The minimum atomic E-state index is 0.0600. The van der Waals surface area contributed by atoms with Crippen molar-refractivity contribution in [3.05, 3.63) is 64.8 Å². The number of hydrogen-bond donors (Lipinski definition) is 0. The van der Waals surface area contributed by atoms with E-state index in [1.165, 1.54) is 16.7 Å². The maximum atomic E-state index is 9.22. The molecule has 0 fully saturated rings. The molecule has 0 saturated carbocycles. The minimum absolute atomic E-state index is 0.0600. The molecule has 0 spiro atoms. The van der Waals surface area contributed by atoms with Crippen molar-refractivity contribution in [2.45, 2.75) is 40.0 Å². The molecule has 0 radical (unpaired) electrons. The second kappa shape index (κ2) is 6.21. The van der Waals surface area contributed by atoms with Gasteiger partial charge in [-0.1, -0.05) is 32.9 Å². The lowest BCUT2D eigenvalue weighted by Gasteiger charge is -2.21. The Bertz CT molecular complexity index is 1280. The van der Waals surface area contributed by atoms with Crippen LogP contribution in [0, 0.1) is 25.2 Å². The van der Waals surface area contributed by atoms with Gasteiger partial charge in [-0.25, -0.2) is 4.57 Å². The van der Waals surface area contributed by atoms with Gasteiger partial charge in [0.05, 0.1) is 17.2 Å². The molecule has 0 N–H and O–H groups in total. The van der Waals surface area contributed by atoms with Gasteiger partial charge < -0.3 is 4.42 Å². The molecular formula is C25H25N2O+. The highest BCUT2D eigenvalue weighted by Gasteiger charge is 2.25. The van der Waals surface area contributed by atoms with Gasteiger partial charge in [-0.3, -0.25) is 0 Å². The summed E-state index contributed by atoms with van der Waals surface area (Å²) in [6, 6.07) is 14.4. The van der Waals surface area contributed by atoms with Crippen molar-refractivity contribution in [2.24, 2.45) is 7.05 Å². The Morgan fingerprint density at radius 3 is 2.36 bits per heavy atom. The van der Waals surface area contributed by atoms with E-state index in [1.807, 2.05) is 18.2 Å². The van der Waals surface area contributed by atoms with Crippen molar-refractivity contribution in [1.82, 2.24) is 0 Å². The Kier molecular flexibility index (Phi) is 4.05. The number of aromatic nitrogens is 1. The second-order valence-electron chi connectivity index (χ2n) is 8.68. The van der Waals surface area contributed by atoms with Crippen molar-refractivity contribution in [1.29, 1.82) is 5.26 Å². The molecule has 0 aliphatic carbocycles. The van der Waals surface area contributed by atoms with Crippen LogP contribution in [0.15, 0.2) is 47.0 Å². The summed E-state index contributed by atoms with van der Waals surface area (Å²) in [6.45, 7) is 11.0.